The van der Waals surface area contributed by atoms with Crippen LogP contribution in [-0.4, -0.2) is 23.5 Å². The number of pyridine rings is 1. The molecule has 17 heavy (non-hydrogen) atoms. The van der Waals surface area contributed by atoms with Crippen LogP contribution in [0.15, 0.2) is 18.3 Å². The quantitative estimate of drug-likeness (QED) is 0.796. The summed E-state index contributed by atoms with van der Waals surface area (Å²) >= 11 is 0. The fourth-order valence-corrected chi connectivity index (χ4v) is 1.64. The summed E-state index contributed by atoms with van der Waals surface area (Å²) < 4.78 is 0. The first kappa shape index (κ1) is 13.5. The number of nitrogens with zero attached hydrogens (tertiary/aromatic N) is 1. The van der Waals surface area contributed by atoms with Crippen LogP contribution in [0, 0.1) is 0 Å². The minimum Gasteiger partial charge on any atom is -0.384 e. The fraction of sp³-hybridized carbons (Fsp3) is 0.538. The monoisotopic (exact) mass is 235 g/mol. The summed E-state index contributed by atoms with van der Waals surface area (Å²) in [6, 6.07) is 3.81. The molecular formula is C13H21N3O. The van der Waals surface area contributed by atoms with E-state index in [2.05, 4.69) is 22.5 Å². The Labute approximate surface area is 103 Å². The van der Waals surface area contributed by atoms with Gasteiger partial charge >= 0.3 is 0 Å². The van der Waals surface area contributed by atoms with Gasteiger partial charge in [-0.3, -0.25) is 4.79 Å². The number of amides is 1. The molecule has 1 aromatic rings. The van der Waals surface area contributed by atoms with E-state index in [0.29, 0.717) is 5.69 Å². The molecule has 1 amide bonds. The summed E-state index contributed by atoms with van der Waals surface area (Å²) in [5, 5.41) is 6.07. The number of hydrogen-bond acceptors (Lipinski definition) is 3. The van der Waals surface area contributed by atoms with E-state index in [9.17, 15) is 4.79 Å². The second-order valence-corrected chi connectivity index (χ2v) is 4.13. The molecule has 0 aliphatic heterocycles. The average molecular weight is 235 g/mol. The smallest absolute Gasteiger partial charge is 0.270 e. The van der Waals surface area contributed by atoms with Gasteiger partial charge in [-0.25, -0.2) is 4.98 Å². The van der Waals surface area contributed by atoms with Gasteiger partial charge in [-0.1, -0.05) is 13.3 Å². The lowest BCUT2D eigenvalue weighted by Gasteiger charge is -2.12. The highest BCUT2D eigenvalue weighted by Gasteiger charge is 2.09. The first-order valence-electron chi connectivity index (χ1n) is 6.18. The van der Waals surface area contributed by atoms with Crippen molar-refractivity contribution in [3.63, 3.8) is 0 Å². The molecule has 4 heteroatoms. The lowest BCUT2D eigenvalue weighted by molar-refractivity contribution is 0.0933. The molecule has 0 aliphatic carbocycles. The Hall–Kier alpha value is -1.58. The molecule has 0 bridgehead atoms. The zero-order chi connectivity index (χ0) is 12.7. The maximum atomic E-state index is 11.8. The van der Waals surface area contributed by atoms with E-state index in [0.717, 1.165) is 25.1 Å². The zero-order valence-electron chi connectivity index (χ0n) is 10.8. The van der Waals surface area contributed by atoms with Crippen LogP contribution in [0.1, 0.15) is 44.1 Å². The first-order valence-corrected chi connectivity index (χ1v) is 6.18. The molecule has 1 atom stereocenters. The van der Waals surface area contributed by atoms with Crippen molar-refractivity contribution in [3.8, 4) is 0 Å². The molecule has 4 nitrogen and oxygen atoms in total. The van der Waals surface area contributed by atoms with Crippen LogP contribution in [0.25, 0.3) is 0 Å². The Bertz CT molecular complexity index is 348. The van der Waals surface area contributed by atoms with Gasteiger partial charge in [0.15, 0.2) is 0 Å². The van der Waals surface area contributed by atoms with Crippen molar-refractivity contribution in [2.75, 3.05) is 11.9 Å². The van der Waals surface area contributed by atoms with Gasteiger partial charge in [-0.05, 0) is 32.4 Å². The molecule has 0 saturated carbocycles. The maximum Gasteiger partial charge on any atom is 0.270 e. The van der Waals surface area contributed by atoms with Crippen LogP contribution in [0.3, 0.4) is 0 Å². The number of anilines is 1. The molecule has 1 unspecified atom stereocenters. The predicted octanol–water partition coefficient (Wildman–Crippen LogP) is 2.43. The molecular weight excluding hydrogens is 214 g/mol. The van der Waals surface area contributed by atoms with E-state index in [1.807, 2.05) is 19.9 Å². The molecule has 0 fully saturated rings. The molecule has 0 spiro atoms. The van der Waals surface area contributed by atoms with Crippen molar-refractivity contribution in [1.29, 1.82) is 0 Å². The molecule has 0 aliphatic rings. The lowest BCUT2D eigenvalue weighted by Crippen LogP contribution is -2.32. The second-order valence-electron chi connectivity index (χ2n) is 4.13. The van der Waals surface area contributed by atoms with Gasteiger partial charge in [0.1, 0.15) is 5.69 Å². The summed E-state index contributed by atoms with van der Waals surface area (Å²) in [7, 11) is 0. The Morgan fingerprint density at radius 2 is 2.18 bits per heavy atom. The van der Waals surface area contributed by atoms with E-state index in [1.165, 1.54) is 0 Å². The highest BCUT2D eigenvalue weighted by Crippen LogP contribution is 2.06. The minimum absolute atomic E-state index is 0.103. The van der Waals surface area contributed by atoms with Crippen LogP contribution in [-0.2, 0) is 0 Å². The van der Waals surface area contributed by atoms with Gasteiger partial charge in [0.25, 0.3) is 5.91 Å². The standard InChI is InChI=1S/C13H21N3O/c1-4-6-10(3)16-13(17)12-8-7-11(9-15-12)14-5-2/h7-10,14H,4-6H2,1-3H3,(H,16,17). The number of nitrogens with one attached hydrogen (secondary N) is 2. The van der Waals surface area contributed by atoms with Crippen molar-refractivity contribution in [1.82, 2.24) is 10.3 Å². The van der Waals surface area contributed by atoms with Gasteiger partial charge < -0.3 is 10.6 Å². The largest absolute Gasteiger partial charge is 0.384 e. The highest BCUT2D eigenvalue weighted by atomic mass is 16.1. The highest BCUT2D eigenvalue weighted by molar-refractivity contribution is 5.92. The van der Waals surface area contributed by atoms with Gasteiger partial charge in [0.2, 0.25) is 0 Å². The molecule has 2 N–H and O–H groups in total. The Morgan fingerprint density at radius 1 is 1.41 bits per heavy atom. The van der Waals surface area contributed by atoms with Crippen molar-refractivity contribution in [2.45, 2.75) is 39.7 Å². The van der Waals surface area contributed by atoms with E-state index < -0.39 is 0 Å². The van der Waals surface area contributed by atoms with E-state index >= 15 is 0 Å². The van der Waals surface area contributed by atoms with Crippen molar-refractivity contribution >= 4 is 11.6 Å². The number of carbonyl (C=O) groups is 1. The molecule has 94 valence electrons. The Balaban J connectivity index is 2.57. The molecule has 1 aromatic heterocycles. The average Bonchev–Trinajstić information content (AvgIpc) is 2.30. The van der Waals surface area contributed by atoms with Gasteiger partial charge in [-0.15, -0.1) is 0 Å². The SMILES string of the molecule is CCCC(C)NC(=O)c1ccc(NCC)cn1. The molecule has 0 radical (unpaired) electrons. The molecule has 0 saturated heterocycles. The normalized spacial score (nSPS) is 11.9. The summed E-state index contributed by atoms with van der Waals surface area (Å²) in [4.78, 5) is 15.9. The summed E-state index contributed by atoms with van der Waals surface area (Å²) in [5.41, 5.74) is 1.40. The summed E-state index contributed by atoms with van der Waals surface area (Å²) in [5.74, 6) is -0.103. The maximum absolute atomic E-state index is 11.8. The Kier molecular flexibility index (Phi) is 5.46. The van der Waals surface area contributed by atoms with Gasteiger partial charge in [-0.2, -0.15) is 0 Å². The summed E-state index contributed by atoms with van der Waals surface area (Å²) in [6.45, 7) is 6.98. The van der Waals surface area contributed by atoms with Crippen LogP contribution in [0.2, 0.25) is 0 Å². The van der Waals surface area contributed by atoms with E-state index in [1.54, 1.807) is 12.3 Å². The third-order valence-electron chi connectivity index (χ3n) is 2.48. The third-order valence-corrected chi connectivity index (χ3v) is 2.48. The first-order chi connectivity index (χ1) is 8.17. The van der Waals surface area contributed by atoms with Crippen LogP contribution in [0.5, 0.6) is 0 Å². The van der Waals surface area contributed by atoms with Crippen molar-refractivity contribution < 1.29 is 4.79 Å². The predicted molar refractivity (Wildman–Crippen MR) is 70.2 cm³/mol. The minimum atomic E-state index is -0.103. The van der Waals surface area contributed by atoms with Gasteiger partial charge in [0.05, 0.1) is 11.9 Å². The molecule has 1 rings (SSSR count). The zero-order valence-corrected chi connectivity index (χ0v) is 10.8. The topological polar surface area (TPSA) is 54.0 Å². The Morgan fingerprint density at radius 3 is 2.71 bits per heavy atom. The van der Waals surface area contributed by atoms with Gasteiger partial charge in [0, 0.05) is 12.6 Å². The van der Waals surface area contributed by atoms with Crippen LogP contribution < -0.4 is 10.6 Å². The van der Waals surface area contributed by atoms with Crippen LogP contribution >= 0.6 is 0 Å². The number of aromatic nitrogens is 1. The van der Waals surface area contributed by atoms with Crippen molar-refractivity contribution in [2.24, 2.45) is 0 Å². The number of carbonyl (C=O) groups excluding carboxylic acids is 1. The summed E-state index contributed by atoms with van der Waals surface area (Å²) in [6.07, 6.45) is 3.73. The van der Waals surface area contributed by atoms with E-state index in [4.69, 9.17) is 0 Å². The third kappa shape index (κ3) is 4.43. The van der Waals surface area contributed by atoms with Crippen LogP contribution in [0.4, 0.5) is 5.69 Å². The molecule has 0 aromatic carbocycles. The van der Waals surface area contributed by atoms with E-state index in [-0.39, 0.29) is 11.9 Å². The van der Waals surface area contributed by atoms with Crippen molar-refractivity contribution in [3.05, 3.63) is 24.0 Å². The second kappa shape index (κ2) is 6.89. The molecule has 1 heterocycles. The fourth-order valence-electron chi connectivity index (χ4n) is 1.64. The number of hydrogen-bond donors (Lipinski definition) is 2. The number of rotatable bonds is 6. The lowest BCUT2D eigenvalue weighted by atomic mass is 10.2.